The van der Waals surface area contributed by atoms with Gasteiger partial charge in [0.25, 0.3) is 0 Å². The van der Waals surface area contributed by atoms with E-state index in [0.717, 1.165) is 12.0 Å². The molecule has 21 heavy (non-hydrogen) atoms. The number of carbonyl (C=O) groups excluding carboxylic acids is 1. The fourth-order valence-corrected chi connectivity index (χ4v) is 1.42. The first-order chi connectivity index (χ1) is 9.92. The molecule has 0 fully saturated rings. The molecule has 0 saturated heterocycles. The molecule has 0 aliphatic carbocycles. The van der Waals surface area contributed by atoms with E-state index in [2.05, 4.69) is 37.2 Å². The fraction of sp³-hybridized carbons (Fsp3) is 0.467. The number of amides is 1. The number of carboxylic acid groups (broad SMARTS) is 1. The van der Waals surface area contributed by atoms with Crippen LogP contribution in [0.3, 0.4) is 0 Å². The standard InChI is InChI=1S/C11H14BrNO.C4H7BrO2/c1-2-10(12)11(14)13-8-9-6-4-3-5-7-9;1-2-3(5)4(6)7/h3-7,10H,2,8H2,1H3,(H,13,14);3H,2H2,1H3,(H,6,7). The zero-order valence-electron chi connectivity index (χ0n) is 12.2. The second kappa shape index (κ2) is 11.7. The molecule has 1 aromatic rings. The van der Waals surface area contributed by atoms with Gasteiger partial charge in [-0.3, -0.25) is 9.59 Å². The van der Waals surface area contributed by atoms with Crippen LogP contribution in [0.2, 0.25) is 0 Å². The van der Waals surface area contributed by atoms with Crippen molar-refractivity contribution in [2.75, 3.05) is 0 Å². The minimum Gasteiger partial charge on any atom is -0.480 e. The minimum atomic E-state index is -0.789. The van der Waals surface area contributed by atoms with Crippen LogP contribution < -0.4 is 5.32 Å². The van der Waals surface area contributed by atoms with Gasteiger partial charge in [0.1, 0.15) is 4.83 Å². The highest BCUT2D eigenvalue weighted by atomic mass is 79.9. The van der Waals surface area contributed by atoms with Crippen LogP contribution in [0.5, 0.6) is 0 Å². The topological polar surface area (TPSA) is 66.4 Å². The number of rotatable bonds is 6. The van der Waals surface area contributed by atoms with Gasteiger partial charge in [-0.1, -0.05) is 76.0 Å². The molecule has 118 valence electrons. The van der Waals surface area contributed by atoms with Gasteiger partial charge in [0.15, 0.2) is 0 Å². The number of benzene rings is 1. The molecule has 6 heteroatoms. The molecular formula is C15H21Br2NO3. The summed E-state index contributed by atoms with van der Waals surface area (Å²) in [5.41, 5.74) is 1.12. The van der Waals surface area contributed by atoms with Crippen LogP contribution in [0.4, 0.5) is 0 Å². The van der Waals surface area contributed by atoms with Gasteiger partial charge in [-0.15, -0.1) is 0 Å². The maximum Gasteiger partial charge on any atom is 0.317 e. The Balaban J connectivity index is 0.000000486. The Hall–Kier alpha value is -0.880. The van der Waals surface area contributed by atoms with Crippen LogP contribution in [0.25, 0.3) is 0 Å². The molecule has 0 saturated carbocycles. The van der Waals surface area contributed by atoms with Crippen molar-refractivity contribution in [1.82, 2.24) is 5.32 Å². The maximum atomic E-state index is 11.4. The van der Waals surface area contributed by atoms with E-state index in [-0.39, 0.29) is 15.6 Å². The lowest BCUT2D eigenvalue weighted by Gasteiger charge is -2.08. The van der Waals surface area contributed by atoms with E-state index in [9.17, 15) is 9.59 Å². The van der Waals surface area contributed by atoms with Gasteiger partial charge in [0, 0.05) is 6.54 Å². The minimum absolute atomic E-state index is 0.0522. The summed E-state index contributed by atoms with van der Waals surface area (Å²) < 4.78 is 0. The van der Waals surface area contributed by atoms with Crippen molar-refractivity contribution in [3.8, 4) is 0 Å². The number of hydrogen-bond donors (Lipinski definition) is 2. The first-order valence-corrected chi connectivity index (χ1v) is 8.58. The Kier molecular flexibility index (Phi) is 11.3. The van der Waals surface area contributed by atoms with Gasteiger partial charge < -0.3 is 10.4 Å². The monoisotopic (exact) mass is 421 g/mol. The highest BCUT2D eigenvalue weighted by Crippen LogP contribution is 2.05. The summed E-state index contributed by atoms with van der Waals surface area (Å²) in [6.07, 6.45) is 1.44. The van der Waals surface area contributed by atoms with Gasteiger partial charge >= 0.3 is 5.97 Å². The zero-order valence-corrected chi connectivity index (χ0v) is 15.4. The largest absolute Gasteiger partial charge is 0.480 e. The number of aliphatic carboxylic acids is 1. The van der Waals surface area contributed by atoms with Crippen LogP contribution in [0.15, 0.2) is 30.3 Å². The summed E-state index contributed by atoms with van der Waals surface area (Å²) in [6.45, 7) is 4.39. The third-order valence-corrected chi connectivity index (χ3v) is 4.68. The molecule has 0 radical (unpaired) electrons. The molecule has 2 unspecified atom stereocenters. The average Bonchev–Trinajstić information content (AvgIpc) is 2.52. The van der Waals surface area contributed by atoms with Gasteiger partial charge in [0.2, 0.25) is 5.91 Å². The average molecular weight is 423 g/mol. The van der Waals surface area contributed by atoms with E-state index >= 15 is 0 Å². The predicted octanol–water partition coefficient (Wildman–Crippen LogP) is 3.72. The molecular weight excluding hydrogens is 402 g/mol. The molecule has 0 heterocycles. The van der Waals surface area contributed by atoms with Crippen molar-refractivity contribution >= 4 is 43.7 Å². The van der Waals surface area contributed by atoms with Gasteiger partial charge in [-0.2, -0.15) is 0 Å². The number of carboxylic acids is 1. The number of carbonyl (C=O) groups is 2. The zero-order chi connectivity index (χ0) is 16.3. The van der Waals surface area contributed by atoms with E-state index in [1.807, 2.05) is 44.2 Å². The summed E-state index contributed by atoms with van der Waals surface area (Å²) in [4.78, 5) is 20.8. The van der Waals surface area contributed by atoms with E-state index in [1.165, 1.54) is 0 Å². The molecule has 1 aromatic carbocycles. The van der Waals surface area contributed by atoms with E-state index in [0.29, 0.717) is 13.0 Å². The Morgan fingerprint density at radius 2 is 1.62 bits per heavy atom. The number of halogens is 2. The van der Waals surface area contributed by atoms with Crippen molar-refractivity contribution < 1.29 is 14.7 Å². The molecule has 1 amide bonds. The van der Waals surface area contributed by atoms with Crippen molar-refractivity contribution in [3.63, 3.8) is 0 Å². The lowest BCUT2D eigenvalue weighted by molar-refractivity contribution is -0.136. The summed E-state index contributed by atoms with van der Waals surface area (Å²) in [5.74, 6) is -0.737. The van der Waals surface area contributed by atoms with Crippen molar-refractivity contribution in [2.45, 2.75) is 42.9 Å². The van der Waals surface area contributed by atoms with Crippen LogP contribution in [-0.4, -0.2) is 26.6 Å². The number of nitrogens with one attached hydrogen (secondary N) is 1. The normalized spacial score (nSPS) is 12.6. The third kappa shape index (κ3) is 9.63. The third-order valence-electron chi connectivity index (χ3n) is 2.58. The predicted molar refractivity (Wildman–Crippen MR) is 91.9 cm³/mol. The molecule has 2 N–H and O–H groups in total. The molecule has 0 bridgehead atoms. The van der Waals surface area contributed by atoms with E-state index < -0.39 is 5.97 Å². The maximum absolute atomic E-state index is 11.4. The van der Waals surface area contributed by atoms with Crippen LogP contribution in [-0.2, 0) is 16.1 Å². The molecule has 0 aliphatic rings. The molecule has 1 rings (SSSR count). The first-order valence-electron chi connectivity index (χ1n) is 6.74. The number of alkyl halides is 2. The highest BCUT2D eigenvalue weighted by Gasteiger charge is 2.10. The van der Waals surface area contributed by atoms with Gasteiger partial charge in [-0.05, 0) is 18.4 Å². The molecule has 0 aromatic heterocycles. The van der Waals surface area contributed by atoms with Gasteiger partial charge in [0.05, 0.1) is 4.83 Å². The van der Waals surface area contributed by atoms with Gasteiger partial charge in [-0.25, -0.2) is 0 Å². The lowest BCUT2D eigenvalue weighted by Crippen LogP contribution is -2.30. The Morgan fingerprint density at radius 1 is 1.10 bits per heavy atom. The fourth-order valence-electron chi connectivity index (χ4n) is 1.26. The summed E-state index contributed by atoms with van der Waals surface area (Å²) in [5, 5.41) is 11.0. The lowest BCUT2D eigenvalue weighted by atomic mass is 10.2. The molecule has 2 atom stereocenters. The molecule has 4 nitrogen and oxygen atoms in total. The first kappa shape index (κ1) is 20.1. The van der Waals surface area contributed by atoms with Crippen LogP contribution in [0, 0.1) is 0 Å². The second-order valence-corrected chi connectivity index (χ2v) is 6.50. The quantitative estimate of drug-likeness (QED) is 0.686. The Morgan fingerprint density at radius 3 is 2.00 bits per heavy atom. The van der Waals surface area contributed by atoms with E-state index in [4.69, 9.17) is 5.11 Å². The highest BCUT2D eigenvalue weighted by molar-refractivity contribution is 9.10. The smallest absolute Gasteiger partial charge is 0.317 e. The summed E-state index contributed by atoms with van der Waals surface area (Å²) in [7, 11) is 0. The van der Waals surface area contributed by atoms with Crippen LogP contribution in [0.1, 0.15) is 32.3 Å². The van der Waals surface area contributed by atoms with Crippen molar-refractivity contribution in [3.05, 3.63) is 35.9 Å². The number of hydrogen-bond acceptors (Lipinski definition) is 2. The van der Waals surface area contributed by atoms with Crippen molar-refractivity contribution in [1.29, 1.82) is 0 Å². The Labute approximate surface area is 142 Å². The van der Waals surface area contributed by atoms with E-state index in [1.54, 1.807) is 0 Å². The summed E-state index contributed by atoms with van der Waals surface area (Å²) in [6, 6.07) is 9.88. The van der Waals surface area contributed by atoms with Crippen LogP contribution >= 0.6 is 31.9 Å². The molecule has 0 spiro atoms. The Bertz CT molecular complexity index is 426. The summed E-state index contributed by atoms with van der Waals surface area (Å²) >= 11 is 6.25. The second-order valence-electron chi connectivity index (χ2n) is 4.29. The van der Waals surface area contributed by atoms with Crippen molar-refractivity contribution in [2.24, 2.45) is 0 Å². The SMILES string of the molecule is CCC(Br)C(=O)NCc1ccccc1.CCC(Br)C(=O)O. The molecule has 0 aliphatic heterocycles.